The first-order valence-corrected chi connectivity index (χ1v) is 8.85. The molecule has 4 N–H and O–H groups in total. The minimum atomic E-state index is -0.391. The fourth-order valence-electron chi connectivity index (χ4n) is 2.97. The van der Waals surface area contributed by atoms with Gasteiger partial charge >= 0.3 is 0 Å². The van der Waals surface area contributed by atoms with Gasteiger partial charge in [0.05, 0.1) is 16.6 Å². The number of nitrogen functional groups attached to an aromatic ring is 1. The predicted octanol–water partition coefficient (Wildman–Crippen LogP) is 4.28. The van der Waals surface area contributed by atoms with Crippen LogP contribution in [0.5, 0.6) is 0 Å². The molecule has 0 aliphatic heterocycles. The monoisotopic (exact) mass is 390 g/mol. The van der Waals surface area contributed by atoms with Crippen LogP contribution in [0.15, 0.2) is 66.7 Å². The van der Waals surface area contributed by atoms with Crippen LogP contribution in [0.2, 0.25) is 5.02 Å². The molecule has 1 aromatic heterocycles. The Morgan fingerprint density at radius 1 is 0.964 bits per heavy atom. The fourth-order valence-corrected chi connectivity index (χ4v) is 3.16. The van der Waals surface area contributed by atoms with Crippen LogP contribution in [-0.4, -0.2) is 21.7 Å². The van der Waals surface area contributed by atoms with Gasteiger partial charge in [-0.2, -0.15) is 0 Å². The van der Waals surface area contributed by atoms with Crippen LogP contribution < -0.4 is 11.1 Å². The third-order valence-corrected chi connectivity index (χ3v) is 4.50. The second-order valence-corrected chi connectivity index (χ2v) is 6.63. The van der Waals surface area contributed by atoms with Gasteiger partial charge in [-0.25, -0.2) is 4.98 Å². The molecule has 0 spiro atoms. The maximum absolute atomic E-state index is 13.1. The molecule has 0 atom stereocenters. The van der Waals surface area contributed by atoms with Crippen molar-refractivity contribution in [3.05, 3.63) is 88.4 Å². The van der Waals surface area contributed by atoms with E-state index in [-0.39, 0.29) is 17.3 Å². The molecule has 0 aliphatic carbocycles. The molecular formula is C21H15ClN4O2. The first-order valence-electron chi connectivity index (χ1n) is 8.47. The van der Waals surface area contributed by atoms with Crippen LogP contribution in [0, 0.1) is 0 Å². The number of hydrogen-bond acceptors (Lipinski definition) is 4. The van der Waals surface area contributed by atoms with Crippen molar-refractivity contribution in [1.82, 2.24) is 9.97 Å². The van der Waals surface area contributed by atoms with E-state index >= 15 is 0 Å². The van der Waals surface area contributed by atoms with E-state index in [0.29, 0.717) is 32.9 Å². The number of ketones is 1. The van der Waals surface area contributed by atoms with Crippen LogP contribution in [0.1, 0.15) is 26.3 Å². The van der Waals surface area contributed by atoms with Crippen molar-refractivity contribution in [1.29, 1.82) is 0 Å². The van der Waals surface area contributed by atoms with Crippen molar-refractivity contribution in [2.45, 2.75) is 0 Å². The highest BCUT2D eigenvalue weighted by atomic mass is 35.5. The first-order chi connectivity index (χ1) is 13.5. The topological polar surface area (TPSA) is 101 Å². The first kappa shape index (κ1) is 17.8. The number of fused-ring (bicyclic) bond motifs is 1. The third-order valence-electron chi connectivity index (χ3n) is 4.26. The fraction of sp³-hybridized carbons (Fsp3) is 0. The van der Waals surface area contributed by atoms with Crippen LogP contribution in [-0.2, 0) is 0 Å². The van der Waals surface area contributed by atoms with Crippen LogP contribution in [0.25, 0.3) is 11.0 Å². The van der Waals surface area contributed by atoms with Gasteiger partial charge in [-0.1, -0.05) is 35.9 Å². The Bertz CT molecular complexity index is 1220. The molecule has 0 bridgehead atoms. The molecule has 0 radical (unpaired) electrons. The zero-order valence-electron chi connectivity index (χ0n) is 14.6. The maximum Gasteiger partial charge on any atom is 0.256 e. The Hall–Kier alpha value is -3.64. The van der Waals surface area contributed by atoms with Crippen LogP contribution in [0.4, 0.5) is 11.6 Å². The number of nitrogens with two attached hydrogens (primary N) is 1. The Labute approximate surface area is 165 Å². The summed E-state index contributed by atoms with van der Waals surface area (Å²) < 4.78 is 0. The molecule has 0 aliphatic rings. The van der Waals surface area contributed by atoms with E-state index in [1.807, 2.05) is 0 Å². The van der Waals surface area contributed by atoms with Crippen LogP contribution >= 0.6 is 11.6 Å². The van der Waals surface area contributed by atoms with Gasteiger partial charge in [0, 0.05) is 21.8 Å². The molecule has 3 aromatic carbocycles. The van der Waals surface area contributed by atoms with Crippen molar-refractivity contribution in [3.63, 3.8) is 0 Å². The maximum atomic E-state index is 13.1. The number of nitrogens with zero attached hydrogens (tertiary/aromatic N) is 1. The summed E-state index contributed by atoms with van der Waals surface area (Å²) in [5.74, 6) is -0.383. The molecule has 0 saturated heterocycles. The van der Waals surface area contributed by atoms with Gasteiger partial charge in [-0.15, -0.1) is 0 Å². The van der Waals surface area contributed by atoms with Crippen molar-refractivity contribution >= 4 is 46.0 Å². The lowest BCUT2D eigenvalue weighted by molar-refractivity contribution is 0.0996. The summed E-state index contributed by atoms with van der Waals surface area (Å²) in [4.78, 5) is 32.8. The summed E-state index contributed by atoms with van der Waals surface area (Å²) in [6.07, 6.45) is 0. The molecular weight excluding hydrogens is 376 g/mol. The molecule has 6 nitrogen and oxygen atoms in total. The van der Waals surface area contributed by atoms with Gasteiger partial charge < -0.3 is 16.0 Å². The molecule has 138 valence electrons. The molecule has 0 fully saturated rings. The summed E-state index contributed by atoms with van der Waals surface area (Å²) in [6.45, 7) is 0. The average Bonchev–Trinajstić information content (AvgIpc) is 3.06. The molecule has 7 heteroatoms. The number of benzene rings is 3. The lowest BCUT2D eigenvalue weighted by Crippen LogP contribution is -2.17. The van der Waals surface area contributed by atoms with Crippen molar-refractivity contribution < 1.29 is 9.59 Å². The van der Waals surface area contributed by atoms with Crippen molar-refractivity contribution in [3.8, 4) is 0 Å². The molecule has 0 saturated carbocycles. The highest BCUT2D eigenvalue weighted by molar-refractivity contribution is 6.31. The lowest BCUT2D eigenvalue weighted by Gasteiger charge is -2.10. The number of halogens is 1. The van der Waals surface area contributed by atoms with Gasteiger partial charge in [0.25, 0.3) is 5.91 Å². The summed E-state index contributed by atoms with van der Waals surface area (Å²) in [5.41, 5.74) is 8.54. The van der Waals surface area contributed by atoms with E-state index in [1.54, 1.807) is 66.7 Å². The molecule has 1 heterocycles. The smallest absolute Gasteiger partial charge is 0.256 e. The number of aromatic nitrogens is 2. The average molecular weight is 391 g/mol. The Balaban J connectivity index is 1.67. The summed E-state index contributed by atoms with van der Waals surface area (Å²) in [5, 5.41) is 3.28. The van der Waals surface area contributed by atoms with Crippen molar-refractivity contribution in [2.24, 2.45) is 0 Å². The van der Waals surface area contributed by atoms with E-state index in [9.17, 15) is 9.59 Å². The SMILES string of the molecule is Nc1nc2ccc(C(=O)c3ccccc3C(=O)Nc3cccc(Cl)c3)cc2[nH]1. The van der Waals surface area contributed by atoms with E-state index in [0.717, 1.165) is 0 Å². The van der Waals surface area contributed by atoms with Crippen molar-refractivity contribution in [2.75, 3.05) is 11.1 Å². The third kappa shape index (κ3) is 3.45. The van der Waals surface area contributed by atoms with E-state index in [2.05, 4.69) is 15.3 Å². The number of nitrogens with one attached hydrogen (secondary N) is 2. The van der Waals surface area contributed by atoms with E-state index < -0.39 is 5.91 Å². The Morgan fingerprint density at radius 3 is 2.54 bits per heavy atom. The zero-order valence-corrected chi connectivity index (χ0v) is 15.3. The highest BCUT2D eigenvalue weighted by Gasteiger charge is 2.19. The predicted molar refractivity (Wildman–Crippen MR) is 110 cm³/mol. The van der Waals surface area contributed by atoms with Gasteiger partial charge in [-0.05, 0) is 42.5 Å². The minimum absolute atomic E-state index is 0.271. The van der Waals surface area contributed by atoms with Crippen LogP contribution in [0.3, 0.4) is 0 Å². The summed E-state index contributed by atoms with van der Waals surface area (Å²) in [6, 6.07) is 18.5. The number of aromatic amines is 1. The number of amides is 1. The summed E-state index contributed by atoms with van der Waals surface area (Å²) >= 11 is 5.96. The number of anilines is 2. The largest absolute Gasteiger partial charge is 0.369 e. The number of rotatable bonds is 4. The number of imidazole rings is 1. The van der Waals surface area contributed by atoms with Gasteiger partial charge in [0.1, 0.15) is 0 Å². The van der Waals surface area contributed by atoms with Gasteiger partial charge in [0.15, 0.2) is 11.7 Å². The lowest BCUT2D eigenvalue weighted by atomic mass is 9.97. The quantitative estimate of drug-likeness (QED) is 0.452. The molecule has 28 heavy (non-hydrogen) atoms. The highest BCUT2D eigenvalue weighted by Crippen LogP contribution is 2.21. The molecule has 1 amide bonds. The van der Waals surface area contributed by atoms with E-state index in [1.165, 1.54) is 0 Å². The number of hydrogen-bond donors (Lipinski definition) is 3. The Kier molecular flexibility index (Phi) is 4.55. The summed E-state index contributed by atoms with van der Waals surface area (Å²) in [7, 11) is 0. The Morgan fingerprint density at radius 2 is 1.75 bits per heavy atom. The number of H-pyrrole nitrogens is 1. The standard InChI is InChI=1S/C21H15ClN4O2/c22-13-4-3-5-14(11-13)24-20(28)16-7-2-1-6-15(16)19(27)12-8-9-17-18(10-12)26-21(23)25-17/h1-11H,(H,24,28)(H3,23,25,26). The second-order valence-electron chi connectivity index (χ2n) is 6.19. The zero-order chi connectivity index (χ0) is 19.7. The minimum Gasteiger partial charge on any atom is -0.369 e. The number of carbonyl (C=O) groups excluding carboxylic acids is 2. The molecule has 4 rings (SSSR count). The van der Waals surface area contributed by atoms with Gasteiger partial charge in [-0.3, -0.25) is 9.59 Å². The second kappa shape index (κ2) is 7.17. The molecule has 0 unspecified atom stereocenters. The molecule has 4 aromatic rings. The van der Waals surface area contributed by atoms with E-state index in [4.69, 9.17) is 17.3 Å². The normalized spacial score (nSPS) is 10.8. The van der Waals surface area contributed by atoms with Gasteiger partial charge in [0.2, 0.25) is 0 Å². The number of carbonyl (C=O) groups is 2.